The van der Waals surface area contributed by atoms with Gasteiger partial charge in [-0.15, -0.1) is 0 Å². The molecule has 0 atom stereocenters. The van der Waals surface area contributed by atoms with E-state index < -0.39 is 0 Å². The Morgan fingerprint density at radius 2 is 1.62 bits per heavy atom. The van der Waals surface area contributed by atoms with Gasteiger partial charge in [0.1, 0.15) is 0 Å². The summed E-state index contributed by atoms with van der Waals surface area (Å²) in [5, 5.41) is 17.7. The van der Waals surface area contributed by atoms with E-state index in [1.165, 1.54) is 0 Å². The summed E-state index contributed by atoms with van der Waals surface area (Å²) in [5.74, 6) is 0.977. The third-order valence-corrected chi connectivity index (χ3v) is 1.01. The lowest BCUT2D eigenvalue weighted by Gasteiger charge is -2.12. The number of hydroxylamine groups is 2. The van der Waals surface area contributed by atoms with Crippen LogP contribution in [0.15, 0.2) is 10.2 Å². The van der Waals surface area contributed by atoms with Crippen LogP contribution in [0.25, 0.3) is 0 Å². The molecule has 0 aliphatic carbocycles. The van der Waals surface area contributed by atoms with Crippen molar-refractivity contribution in [3.63, 3.8) is 0 Å². The molecule has 8 heavy (non-hydrogen) atoms. The zero-order valence-corrected chi connectivity index (χ0v) is 4.80. The van der Waals surface area contributed by atoms with E-state index in [9.17, 15) is 5.21 Å². The molecule has 0 fully saturated rings. The first-order valence-electron chi connectivity index (χ1n) is 2.35. The molecule has 1 rings (SSSR count). The number of hydrogen-bond donors (Lipinski definition) is 1. The summed E-state index contributed by atoms with van der Waals surface area (Å²) in [6, 6.07) is 0. The van der Waals surface area contributed by atoms with Crippen molar-refractivity contribution >= 4 is 11.7 Å². The molecule has 1 heterocycles. The molecule has 0 radical (unpaired) electrons. The van der Waals surface area contributed by atoms with E-state index in [1.807, 2.05) is 0 Å². The van der Waals surface area contributed by atoms with Gasteiger partial charge >= 0.3 is 0 Å². The van der Waals surface area contributed by atoms with Gasteiger partial charge in [-0.05, 0) is 0 Å². The normalized spacial score (nSPS) is 20.9. The summed E-state index contributed by atoms with van der Waals surface area (Å²) < 4.78 is 0. The second-order valence-corrected chi connectivity index (χ2v) is 1.70. The number of quaternary nitrogens is 1. The molecular formula is C4H7N3O. The summed E-state index contributed by atoms with van der Waals surface area (Å²) in [4.78, 5) is 0. The maximum atomic E-state index is 10.6. The number of hydrogen-bond acceptors (Lipinski definition) is 3. The largest absolute Gasteiger partial charge is 0.622 e. The number of rotatable bonds is 0. The van der Waals surface area contributed by atoms with Crippen LogP contribution in [0.1, 0.15) is 13.8 Å². The summed E-state index contributed by atoms with van der Waals surface area (Å²) in [6.07, 6.45) is 0. The Kier molecular flexibility index (Phi) is 1.11. The Balaban J connectivity index is 2.75. The highest BCUT2D eigenvalue weighted by molar-refractivity contribution is 5.88. The molecule has 0 saturated heterocycles. The molecule has 0 bridgehead atoms. The quantitative estimate of drug-likeness (QED) is 0.408. The van der Waals surface area contributed by atoms with Crippen molar-refractivity contribution in [3.8, 4) is 0 Å². The Morgan fingerprint density at radius 3 is 1.75 bits per heavy atom. The SMILES string of the molecule is CC1=NN=C(C)[NH+]1[O-]. The van der Waals surface area contributed by atoms with E-state index in [1.54, 1.807) is 13.8 Å². The van der Waals surface area contributed by atoms with Gasteiger partial charge in [-0.25, -0.2) is 0 Å². The van der Waals surface area contributed by atoms with Crippen molar-refractivity contribution in [2.75, 3.05) is 0 Å². The van der Waals surface area contributed by atoms with Gasteiger partial charge < -0.3 is 5.21 Å². The molecule has 1 N–H and O–H groups in total. The van der Waals surface area contributed by atoms with Crippen molar-refractivity contribution in [2.45, 2.75) is 13.8 Å². The molecule has 0 aromatic rings. The van der Waals surface area contributed by atoms with Crippen LogP contribution in [-0.4, -0.2) is 11.7 Å². The standard InChI is InChI=1S/C4H7N3O/c1-3-5-6-4(2)7(3)8/h7H,1-2H3. The van der Waals surface area contributed by atoms with Crippen LogP contribution < -0.4 is 5.06 Å². The fourth-order valence-electron chi connectivity index (χ4n) is 0.503. The summed E-state index contributed by atoms with van der Waals surface area (Å²) in [6.45, 7) is 3.31. The zero-order chi connectivity index (χ0) is 6.15. The Morgan fingerprint density at radius 1 is 1.25 bits per heavy atom. The molecule has 1 aliphatic heterocycles. The highest BCUT2D eigenvalue weighted by atomic mass is 16.5. The highest BCUT2D eigenvalue weighted by Gasteiger charge is 2.11. The van der Waals surface area contributed by atoms with Gasteiger partial charge in [0.25, 0.3) is 0 Å². The topological polar surface area (TPSA) is 52.2 Å². The van der Waals surface area contributed by atoms with Crippen LogP contribution in [0.3, 0.4) is 0 Å². The van der Waals surface area contributed by atoms with Gasteiger partial charge in [0, 0.05) is 13.8 Å². The molecule has 0 unspecified atom stereocenters. The molecule has 4 heteroatoms. The maximum Gasteiger partial charge on any atom is 0.224 e. The first-order chi connectivity index (χ1) is 3.72. The predicted molar refractivity (Wildman–Crippen MR) is 30.5 cm³/mol. The molecule has 1 aliphatic rings. The average Bonchev–Trinajstić information content (AvgIpc) is 1.98. The first kappa shape index (κ1) is 5.40. The lowest BCUT2D eigenvalue weighted by molar-refractivity contribution is -0.634. The predicted octanol–water partition coefficient (Wildman–Crippen LogP) is -0.865. The highest BCUT2D eigenvalue weighted by Crippen LogP contribution is 1.79. The van der Waals surface area contributed by atoms with Crippen LogP contribution in [0.2, 0.25) is 0 Å². The van der Waals surface area contributed by atoms with Crippen LogP contribution in [0.4, 0.5) is 0 Å². The Hall–Kier alpha value is -0.740. The third kappa shape index (κ3) is 0.635. The second-order valence-electron chi connectivity index (χ2n) is 1.70. The number of nitrogens with one attached hydrogen (secondary N) is 1. The molecule has 4 nitrogen and oxygen atoms in total. The van der Waals surface area contributed by atoms with E-state index in [4.69, 9.17) is 0 Å². The number of amidine groups is 2. The monoisotopic (exact) mass is 113 g/mol. The fourth-order valence-corrected chi connectivity index (χ4v) is 0.503. The van der Waals surface area contributed by atoms with Crippen molar-refractivity contribution in [3.05, 3.63) is 5.21 Å². The van der Waals surface area contributed by atoms with Crippen LogP contribution in [0, 0.1) is 5.21 Å². The van der Waals surface area contributed by atoms with Crippen molar-refractivity contribution in [1.29, 1.82) is 0 Å². The van der Waals surface area contributed by atoms with Crippen molar-refractivity contribution in [2.24, 2.45) is 10.2 Å². The second kappa shape index (κ2) is 1.65. The Labute approximate surface area is 47.1 Å². The van der Waals surface area contributed by atoms with E-state index in [-0.39, 0.29) is 5.06 Å². The lowest BCUT2D eigenvalue weighted by atomic mass is 10.6. The van der Waals surface area contributed by atoms with E-state index in [2.05, 4.69) is 10.2 Å². The molecule has 0 saturated carbocycles. The Bertz CT molecular complexity index is 143. The van der Waals surface area contributed by atoms with Gasteiger partial charge in [-0.3, -0.25) is 5.06 Å². The van der Waals surface area contributed by atoms with Crippen LogP contribution in [-0.2, 0) is 0 Å². The van der Waals surface area contributed by atoms with E-state index in [0.717, 1.165) is 0 Å². The van der Waals surface area contributed by atoms with Crippen LogP contribution >= 0.6 is 0 Å². The maximum absolute atomic E-state index is 10.6. The zero-order valence-electron chi connectivity index (χ0n) is 4.80. The molecular weight excluding hydrogens is 106 g/mol. The first-order valence-corrected chi connectivity index (χ1v) is 2.35. The van der Waals surface area contributed by atoms with Gasteiger partial charge in [-0.2, -0.15) is 0 Å². The van der Waals surface area contributed by atoms with Crippen molar-refractivity contribution in [1.82, 2.24) is 0 Å². The minimum atomic E-state index is -0.0370. The smallest absolute Gasteiger partial charge is 0.224 e. The average molecular weight is 113 g/mol. The molecule has 0 spiro atoms. The van der Waals surface area contributed by atoms with E-state index >= 15 is 0 Å². The van der Waals surface area contributed by atoms with Gasteiger partial charge in [0.15, 0.2) is 0 Å². The summed E-state index contributed by atoms with van der Waals surface area (Å²) in [7, 11) is 0. The van der Waals surface area contributed by atoms with Crippen LogP contribution in [0.5, 0.6) is 0 Å². The van der Waals surface area contributed by atoms with Gasteiger partial charge in [-0.1, -0.05) is 10.2 Å². The molecule has 0 aromatic carbocycles. The fraction of sp³-hybridized carbons (Fsp3) is 0.500. The number of nitrogens with zero attached hydrogens (tertiary/aromatic N) is 2. The van der Waals surface area contributed by atoms with Gasteiger partial charge in [0.05, 0.1) is 0 Å². The lowest BCUT2D eigenvalue weighted by Crippen LogP contribution is -3.10. The molecule has 0 aromatic heterocycles. The molecule has 44 valence electrons. The third-order valence-electron chi connectivity index (χ3n) is 1.01. The minimum absolute atomic E-state index is 0.0370. The summed E-state index contributed by atoms with van der Waals surface area (Å²) >= 11 is 0. The van der Waals surface area contributed by atoms with Gasteiger partial charge in [0.2, 0.25) is 11.7 Å². The molecule has 0 amide bonds. The summed E-state index contributed by atoms with van der Waals surface area (Å²) in [5.41, 5.74) is 0. The van der Waals surface area contributed by atoms with Crippen molar-refractivity contribution < 1.29 is 5.06 Å². The minimum Gasteiger partial charge on any atom is -0.622 e. The van der Waals surface area contributed by atoms with E-state index in [0.29, 0.717) is 11.7 Å².